The third kappa shape index (κ3) is 3.10. The molecule has 2 N–H and O–H groups in total. The van der Waals surface area contributed by atoms with Gasteiger partial charge in [0.05, 0.1) is 22.8 Å². The van der Waals surface area contributed by atoms with Crippen molar-refractivity contribution in [1.82, 2.24) is 5.32 Å². The van der Waals surface area contributed by atoms with Crippen LogP contribution in [0.2, 0.25) is 0 Å². The molecule has 1 aliphatic carbocycles. The zero-order chi connectivity index (χ0) is 15.6. The molecule has 0 aromatic heterocycles. The standard InChI is InChI=1S/C13H16FN3O4/c1-15-11-5-9(12(17(19)20)6-10(11)14)13(18)16-7-3-8(4-7)21-2/h5-8,15H,3-4H2,1-2H3,(H,16,18). The second-order valence-corrected chi connectivity index (χ2v) is 4.86. The van der Waals surface area contributed by atoms with Crippen LogP contribution in [0.25, 0.3) is 0 Å². The molecule has 114 valence electrons. The summed E-state index contributed by atoms with van der Waals surface area (Å²) in [7, 11) is 3.06. The zero-order valence-electron chi connectivity index (χ0n) is 11.7. The molecule has 2 rings (SSSR count). The highest BCUT2D eigenvalue weighted by Gasteiger charge is 2.32. The first-order valence-electron chi connectivity index (χ1n) is 6.45. The van der Waals surface area contributed by atoms with E-state index in [1.165, 1.54) is 7.05 Å². The van der Waals surface area contributed by atoms with E-state index in [1.807, 2.05) is 0 Å². The van der Waals surface area contributed by atoms with Gasteiger partial charge in [-0.1, -0.05) is 0 Å². The first kappa shape index (κ1) is 15.2. The molecule has 1 aromatic carbocycles. The fraction of sp³-hybridized carbons (Fsp3) is 0.462. The summed E-state index contributed by atoms with van der Waals surface area (Å²) in [6.07, 6.45) is 1.43. The highest BCUT2D eigenvalue weighted by atomic mass is 19.1. The Morgan fingerprint density at radius 2 is 2.14 bits per heavy atom. The first-order chi connectivity index (χ1) is 9.96. The second-order valence-electron chi connectivity index (χ2n) is 4.86. The van der Waals surface area contributed by atoms with Gasteiger partial charge in [0, 0.05) is 20.2 Å². The van der Waals surface area contributed by atoms with Crippen LogP contribution in [0.5, 0.6) is 0 Å². The summed E-state index contributed by atoms with van der Waals surface area (Å²) in [5.41, 5.74) is -0.674. The number of anilines is 1. The Balaban J connectivity index is 2.21. The van der Waals surface area contributed by atoms with Crippen LogP contribution in [0.4, 0.5) is 15.8 Å². The lowest BCUT2D eigenvalue weighted by Gasteiger charge is -2.34. The number of nitro benzene ring substituents is 1. The number of halogens is 1. The molecule has 1 amide bonds. The van der Waals surface area contributed by atoms with Crippen LogP contribution in [0, 0.1) is 15.9 Å². The van der Waals surface area contributed by atoms with Crippen molar-refractivity contribution in [2.75, 3.05) is 19.5 Å². The summed E-state index contributed by atoms with van der Waals surface area (Å²) in [5.74, 6) is -1.36. The molecule has 8 heteroatoms. The van der Waals surface area contributed by atoms with E-state index in [4.69, 9.17) is 4.74 Å². The number of amides is 1. The lowest BCUT2D eigenvalue weighted by atomic mass is 9.89. The number of hydrogen-bond donors (Lipinski definition) is 2. The average molecular weight is 297 g/mol. The number of nitrogens with one attached hydrogen (secondary N) is 2. The summed E-state index contributed by atoms with van der Waals surface area (Å²) in [6.45, 7) is 0. The number of rotatable bonds is 5. The molecule has 0 atom stereocenters. The molecule has 7 nitrogen and oxygen atoms in total. The van der Waals surface area contributed by atoms with Gasteiger partial charge in [0.1, 0.15) is 5.56 Å². The number of ether oxygens (including phenoxy) is 1. The van der Waals surface area contributed by atoms with Crippen molar-refractivity contribution < 1.29 is 18.8 Å². The third-order valence-corrected chi connectivity index (χ3v) is 3.56. The molecule has 0 aliphatic heterocycles. The van der Waals surface area contributed by atoms with Crippen LogP contribution in [0.1, 0.15) is 23.2 Å². The Kier molecular flexibility index (Phi) is 4.37. The molecule has 21 heavy (non-hydrogen) atoms. The minimum atomic E-state index is -0.774. The van der Waals surface area contributed by atoms with E-state index in [9.17, 15) is 19.3 Å². The van der Waals surface area contributed by atoms with Crippen LogP contribution < -0.4 is 10.6 Å². The number of nitro groups is 1. The summed E-state index contributed by atoms with van der Waals surface area (Å²) in [4.78, 5) is 22.3. The van der Waals surface area contributed by atoms with Gasteiger partial charge in [-0.25, -0.2) is 4.39 Å². The second kappa shape index (κ2) is 6.04. The van der Waals surface area contributed by atoms with Crippen molar-refractivity contribution in [3.63, 3.8) is 0 Å². The largest absolute Gasteiger partial charge is 0.386 e. The predicted octanol–water partition coefficient (Wildman–Crippen LogP) is 1.68. The molecule has 0 bridgehead atoms. The van der Waals surface area contributed by atoms with Crippen LogP contribution in [-0.4, -0.2) is 37.1 Å². The van der Waals surface area contributed by atoms with Crippen LogP contribution in [-0.2, 0) is 4.74 Å². The molecule has 0 radical (unpaired) electrons. The number of hydrogen-bond acceptors (Lipinski definition) is 5. The number of benzene rings is 1. The molecule has 0 saturated heterocycles. The van der Waals surface area contributed by atoms with Crippen LogP contribution in [0.15, 0.2) is 12.1 Å². The lowest BCUT2D eigenvalue weighted by molar-refractivity contribution is -0.385. The van der Waals surface area contributed by atoms with E-state index in [0.29, 0.717) is 12.8 Å². The minimum Gasteiger partial charge on any atom is -0.386 e. The van der Waals surface area contributed by atoms with Crippen molar-refractivity contribution in [1.29, 1.82) is 0 Å². The number of carbonyl (C=O) groups is 1. The van der Waals surface area contributed by atoms with Gasteiger partial charge in [0.2, 0.25) is 0 Å². The number of nitrogens with zero attached hydrogens (tertiary/aromatic N) is 1. The zero-order valence-corrected chi connectivity index (χ0v) is 11.7. The predicted molar refractivity (Wildman–Crippen MR) is 73.9 cm³/mol. The monoisotopic (exact) mass is 297 g/mol. The normalized spacial score (nSPS) is 20.5. The van der Waals surface area contributed by atoms with Crippen LogP contribution in [0.3, 0.4) is 0 Å². The van der Waals surface area contributed by atoms with Gasteiger partial charge < -0.3 is 15.4 Å². The summed E-state index contributed by atoms with van der Waals surface area (Å²) >= 11 is 0. The van der Waals surface area contributed by atoms with Crippen LogP contribution >= 0.6 is 0 Å². The van der Waals surface area contributed by atoms with E-state index in [0.717, 1.165) is 12.1 Å². The van der Waals surface area contributed by atoms with Crippen molar-refractivity contribution >= 4 is 17.3 Å². The molecule has 1 aromatic rings. The number of methoxy groups -OCH3 is 1. The minimum absolute atomic E-state index is 0.0362. The van der Waals surface area contributed by atoms with Gasteiger partial charge in [-0.15, -0.1) is 0 Å². The van der Waals surface area contributed by atoms with Crippen molar-refractivity contribution in [3.8, 4) is 0 Å². The Hall–Kier alpha value is -2.22. The molecule has 1 fully saturated rings. The van der Waals surface area contributed by atoms with E-state index in [2.05, 4.69) is 10.6 Å². The fourth-order valence-electron chi connectivity index (χ4n) is 2.23. The topological polar surface area (TPSA) is 93.5 Å². The Labute approximate surface area is 120 Å². The third-order valence-electron chi connectivity index (χ3n) is 3.56. The molecular weight excluding hydrogens is 281 g/mol. The summed E-state index contributed by atoms with van der Waals surface area (Å²) in [6, 6.07) is 1.82. The summed E-state index contributed by atoms with van der Waals surface area (Å²) in [5, 5.41) is 16.2. The van der Waals surface area contributed by atoms with Crippen molar-refractivity contribution in [2.24, 2.45) is 0 Å². The van der Waals surface area contributed by atoms with Gasteiger partial charge in [0.25, 0.3) is 11.6 Å². The van der Waals surface area contributed by atoms with Gasteiger partial charge >= 0.3 is 0 Å². The highest BCUT2D eigenvalue weighted by Crippen LogP contribution is 2.28. The summed E-state index contributed by atoms with van der Waals surface area (Å²) < 4.78 is 18.7. The van der Waals surface area contributed by atoms with Gasteiger partial charge in [-0.3, -0.25) is 14.9 Å². The van der Waals surface area contributed by atoms with E-state index in [1.54, 1.807) is 7.11 Å². The van der Waals surface area contributed by atoms with Crippen molar-refractivity contribution in [2.45, 2.75) is 25.0 Å². The molecule has 1 aliphatic rings. The first-order valence-corrected chi connectivity index (χ1v) is 6.45. The quantitative estimate of drug-likeness (QED) is 0.637. The number of carbonyl (C=O) groups excluding carboxylic acids is 1. The molecule has 0 heterocycles. The molecule has 1 saturated carbocycles. The maximum atomic E-state index is 13.6. The smallest absolute Gasteiger partial charge is 0.285 e. The SMILES string of the molecule is CNc1cc(C(=O)NC2CC(OC)C2)c([N+](=O)[O-])cc1F. The van der Waals surface area contributed by atoms with Gasteiger partial charge in [-0.2, -0.15) is 0 Å². The van der Waals surface area contributed by atoms with Gasteiger partial charge in [0.15, 0.2) is 5.82 Å². The molecule has 0 spiro atoms. The van der Waals surface area contributed by atoms with E-state index < -0.39 is 22.3 Å². The molecular formula is C13H16FN3O4. The Bertz CT molecular complexity index is 573. The van der Waals surface area contributed by atoms with Crippen molar-refractivity contribution in [3.05, 3.63) is 33.6 Å². The fourth-order valence-corrected chi connectivity index (χ4v) is 2.23. The lowest BCUT2D eigenvalue weighted by Crippen LogP contribution is -2.47. The Morgan fingerprint density at radius 3 is 2.67 bits per heavy atom. The highest BCUT2D eigenvalue weighted by molar-refractivity contribution is 5.99. The van der Waals surface area contributed by atoms with E-state index >= 15 is 0 Å². The maximum absolute atomic E-state index is 13.6. The average Bonchev–Trinajstić information content (AvgIpc) is 2.41. The molecule has 0 unspecified atom stereocenters. The Morgan fingerprint density at radius 1 is 1.48 bits per heavy atom. The van der Waals surface area contributed by atoms with Gasteiger partial charge in [-0.05, 0) is 18.9 Å². The maximum Gasteiger partial charge on any atom is 0.285 e. The van der Waals surface area contributed by atoms with E-state index in [-0.39, 0.29) is 23.4 Å².